The van der Waals surface area contributed by atoms with Gasteiger partial charge in [-0.1, -0.05) is 49.7 Å². The lowest BCUT2D eigenvalue weighted by atomic mass is 9.95. The molecule has 0 unspecified atom stereocenters. The maximum atomic E-state index is 5.32. The average molecular weight is 342 g/mol. The van der Waals surface area contributed by atoms with Crippen molar-refractivity contribution in [1.82, 2.24) is 0 Å². The molecule has 0 aromatic heterocycles. The SMILES string of the molecule is COCc1c(Br)cccc1NC(CC(C)C)CC(C)C. The van der Waals surface area contributed by atoms with Gasteiger partial charge in [-0.25, -0.2) is 0 Å². The predicted octanol–water partition coefficient (Wildman–Crippen LogP) is 5.47. The first-order valence-corrected chi connectivity index (χ1v) is 8.26. The Kier molecular flexibility index (Phi) is 7.60. The van der Waals surface area contributed by atoms with Gasteiger partial charge in [0, 0.05) is 28.9 Å². The van der Waals surface area contributed by atoms with Crippen LogP contribution in [-0.4, -0.2) is 13.2 Å². The highest BCUT2D eigenvalue weighted by Crippen LogP contribution is 2.28. The Bertz CT molecular complexity index is 394. The molecule has 0 atom stereocenters. The standard InChI is InChI=1S/C17H28BrNO/c1-12(2)9-14(10-13(3)4)19-17-8-6-7-16(18)15(17)11-20-5/h6-8,12-14,19H,9-11H2,1-5H3. The first-order chi connectivity index (χ1) is 9.43. The third-order valence-electron chi connectivity index (χ3n) is 3.28. The molecule has 2 nitrogen and oxygen atoms in total. The number of anilines is 1. The molecule has 1 rings (SSSR count). The summed E-state index contributed by atoms with van der Waals surface area (Å²) in [5, 5.41) is 3.73. The van der Waals surface area contributed by atoms with E-state index in [9.17, 15) is 0 Å². The van der Waals surface area contributed by atoms with E-state index in [0.29, 0.717) is 24.5 Å². The highest BCUT2D eigenvalue weighted by Gasteiger charge is 2.15. The zero-order valence-electron chi connectivity index (χ0n) is 13.4. The molecule has 114 valence electrons. The van der Waals surface area contributed by atoms with Gasteiger partial charge in [0.1, 0.15) is 0 Å². The van der Waals surface area contributed by atoms with E-state index in [0.717, 1.165) is 4.47 Å². The van der Waals surface area contributed by atoms with Crippen LogP contribution in [0.15, 0.2) is 22.7 Å². The van der Waals surface area contributed by atoms with Crippen LogP contribution >= 0.6 is 15.9 Å². The Labute approximate surface area is 132 Å². The smallest absolute Gasteiger partial charge is 0.0744 e. The van der Waals surface area contributed by atoms with Crippen molar-refractivity contribution >= 4 is 21.6 Å². The summed E-state index contributed by atoms with van der Waals surface area (Å²) in [4.78, 5) is 0. The summed E-state index contributed by atoms with van der Waals surface area (Å²) < 4.78 is 6.43. The first kappa shape index (κ1) is 17.5. The highest BCUT2D eigenvalue weighted by atomic mass is 79.9. The lowest BCUT2D eigenvalue weighted by Gasteiger charge is -2.25. The van der Waals surface area contributed by atoms with Crippen LogP contribution in [0, 0.1) is 11.8 Å². The van der Waals surface area contributed by atoms with Crippen LogP contribution < -0.4 is 5.32 Å². The molecular formula is C17H28BrNO. The van der Waals surface area contributed by atoms with Gasteiger partial charge in [0.2, 0.25) is 0 Å². The summed E-state index contributed by atoms with van der Waals surface area (Å²) >= 11 is 3.62. The Morgan fingerprint density at radius 3 is 2.20 bits per heavy atom. The predicted molar refractivity (Wildman–Crippen MR) is 91.2 cm³/mol. The molecule has 0 aliphatic heterocycles. The van der Waals surface area contributed by atoms with E-state index in [1.807, 2.05) is 0 Å². The maximum absolute atomic E-state index is 5.32. The largest absolute Gasteiger partial charge is 0.382 e. The summed E-state index contributed by atoms with van der Waals surface area (Å²) in [6, 6.07) is 6.81. The second-order valence-electron chi connectivity index (χ2n) is 6.30. The summed E-state index contributed by atoms with van der Waals surface area (Å²) in [6.07, 6.45) is 2.38. The molecule has 0 spiro atoms. The highest BCUT2D eigenvalue weighted by molar-refractivity contribution is 9.10. The number of nitrogens with one attached hydrogen (secondary N) is 1. The number of ether oxygens (including phenoxy) is 1. The molecule has 0 bridgehead atoms. The zero-order chi connectivity index (χ0) is 15.1. The maximum Gasteiger partial charge on any atom is 0.0744 e. The average Bonchev–Trinajstić information content (AvgIpc) is 2.32. The second kappa shape index (κ2) is 8.68. The van der Waals surface area contributed by atoms with E-state index in [-0.39, 0.29) is 0 Å². The summed E-state index contributed by atoms with van der Waals surface area (Å²) in [6.45, 7) is 9.76. The van der Waals surface area contributed by atoms with Crippen LogP contribution in [0.4, 0.5) is 5.69 Å². The Morgan fingerprint density at radius 1 is 1.10 bits per heavy atom. The minimum atomic E-state index is 0.514. The molecule has 0 amide bonds. The number of methoxy groups -OCH3 is 1. The van der Waals surface area contributed by atoms with Crippen molar-refractivity contribution < 1.29 is 4.74 Å². The van der Waals surface area contributed by atoms with Gasteiger partial charge in [-0.2, -0.15) is 0 Å². The molecule has 0 radical (unpaired) electrons. The van der Waals surface area contributed by atoms with Gasteiger partial charge in [0.25, 0.3) is 0 Å². The molecule has 0 heterocycles. The third-order valence-corrected chi connectivity index (χ3v) is 4.02. The van der Waals surface area contributed by atoms with Crippen molar-refractivity contribution in [2.75, 3.05) is 12.4 Å². The number of halogens is 1. The summed E-state index contributed by atoms with van der Waals surface area (Å²) in [7, 11) is 1.74. The Hall–Kier alpha value is -0.540. The quantitative estimate of drug-likeness (QED) is 0.676. The first-order valence-electron chi connectivity index (χ1n) is 7.46. The summed E-state index contributed by atoms with van der Waals surface area (Å²) in [5.74, 6) is 1.40. The molecule has 0 saturated heterocycles. The van der Waals surface area contributed by atoms with Crippen LogP contribution in [-0.2, 0) is 11.3 Å². The fourth-order valence-corrected chi connectivity index (χ4v) is 3.04. The van der Waals surface area contributed by atoms with E-state index in [1.54, 1.807) is 7.11 Å². The second-order valence-corrected chi connectivity index (χ2v) is 7.15. The van der Waals surface area contributed by atoms with E-state index < -0.39 is 0 Å². The van der Waals surface area contributed by atoms with Crippen molar-refractivity contribution in [3.8, 4) is 0 Å². The van der Waals surface area contributed by atoms with Crippen molar-refractivity contribution in [1.29, 1.82) is 0 Å². The normalized spacial score (nSPS) is 11.7. The van der Waals surface area contributed by atoms with E-state index in [4.69, 9.17) is 4.74 Å². The molecule has 1 N–H and O–H groups in total. The van der Waals surface area contributed by atoms with Crippen LogP contribution in [0.3, 0.4) is 0 Å². The number of benzene rings is 1. The van der Waals surface area contributed by atoms with Crippen LogP contribution in [0.1, 0.15) is 46.1 Å². The van der Waals surface area contributed by atoms with Crippen molar-refractivity contribution in [2.45, 2.75) is 53.2 Å². The topological polar surface area (TPSA) is 21.3 Å². The molecule has 1 aromatic rings. The van der Waals surface area contributed by atoms with Crippen molar-refractivity contribution in [3.05, 3.63) is 28.2 Å². The molecular weight excluding hydrogens is 314 g/mol. The van der Waals surface area contributed by atoms with E-state index in [1.165, 1.54) is 24.1 Å². The third kappa shape index (κ3) is 5.84. The van der Waals surface area contributed by atoms with Gasteiger partial charge in [0.15, 0.2) is 0 Å². The molecule has 1 aromatic carbocycles. The molecule has 0 aliphatic rings. The molecule has 0 fully saturated rings. The Morgan fingerprint density at radius 2 is 1.70 bits per heavy atom. The minimum Gasteiger partial charge on any atom is -0.382 e. The molecule has 0 saturated carbocycles. The van der Waals surface area contributed by atoms with Gasteiger partial charge in [-0.05, 0) is 36.8 Å². The van der Waals surface area contributed by atoms with Gasteiger partial charge < -0.3 is 10.1 Å². The Balaban J connectivity index is 2.89. The number of hydrogen-bond donors (Lipinski definition) is 1. The fourth-order valence-electron chi connectivity index (χ4n) is 2.56. The monoisotopic (exact) mass is 341 g/mol. The van der Waals surface area contributed by atoms with Crippen LogP contribution in [0.25, 0.3) is 0 Å². The zero-order valence-corrected chi connectivity index (χ0v) is 15.0. The van der Waals surface area contributed by atoms with E-state index >= 15 is 0 Å². The van der Waals surface area contributed by atoms with E-state index in [2.05, 4.69) is 67.1 Å². The molecule has 3 heteroatoms. The van der Waals surface area contributed by atoms with Crippen molar-refractivity contribution in [3.63, 3.8) is 0 Å². The minimum absolute atomic E-state index is 0.514. The van der Waals surface area contributed by atoms with Gasteiger partial charge in [-0.3, -0.25) is 0 Å². The van der Waals surface area contributed by atoms with Crippen LogP contribution in [0.5, 0.6) is 0 Å². The summed E-state index contributed by atoms with van der Waals surface area (Å²) in [5.41, 5.74) is 2.39. The molecule has 20 heavy (non-hydrogen) atoms. The molecule has 0 aliphatic carbocycles. The van der Waals surface area contributed by atoms with Crippen molar-refractivity contribution in [2.24, 2.45) is 11.8 Å². The van der Waals surface area contributed by atoms with Crippen LogP contribution in [0.2, 0.25) is 0 Å². The van der Waals surface area contributed by atoms with Gasteiger partial charge in [0.05, 0.1) is 6.61 Å². The fraction of sp³-hybridized carbons (Fsp3) is 0.647. The number of hydrogen-bond acceptors (Lipinski definition) is 2. The van der Waals surface area contributed by atoms with Gasteiger partial charge >= 0.3 is 0 Å². The lowest BCUT2D eigenvalue weighted by molar-refractivity contribution is 0.184. The lowest BCUT2D eigenvalue weighted by Crippen LogP contribution is -2.24. The van der Waals surface area contributed by atoms with Gasteiger partial charge in [-0.15, -0.1) is 0 Å². The number of rotatable bonds is 8.